The molecule has 0 aliphatic carbocycles. The topological polar surface area (TPSA) is 96.5 Å². The average molecular weight is 322 g/mol. The summed E-state index contributed by atoms with van der Waals surface area (Å²) in [6.45, 7) is 0. The second-order valence-electron chi connectivity index (χ2n) is 4.74. The van der Waals surface area contributed by atoms with Gasteiger partial charge in [-0.2, -0.15) is 4.37 Å². The van der Waals surface area contributed by atoms with E-state index in [4.69, 9.17) is 0 Å². The molecule has 0 fully saturated rings. The van der Waals surface area contributed by atoms with Gasteiger partial charge in [0.25, 0.3) is 5.91 Å². The predicted octanol–water partition coefficient (Wildman–Crippen LogP) is 2.73. The van der Waals surface area contributed by atoms with Gasteiger partial charge in [-0.05, 0) is 29.7 Å². The molecule has 0 aliphatic heterocycles. The summed E-state index contributed by atoms with van der Waals surface area (Å²) in [7, 11) is 0. The van der Waals surface area contributed by atoms with Gasteiger partial charge in [-0.3, -0.25) is 14.8 Å². The lowest BCUT2D eigenvalue weighted by atomic mass is 10.2. The van der Waals surface area contributed by atoms with Gasteiger partial charge in [0.1, 0.15) is 16.2 Å². The first-order chi connectivity index (χ1) is 11.3. The third-order valence-electron chi connectivity index (χ3n) is 3.24. The van der Waals surface area contributed by atoms with E-state index in [0.29, 0.717) is 22.0 Å². The van der Waals surface area contributed by atoms with Crippen molar-refractivity contribution in [3.05, 3.63) is 54.1 Å². The maximum atomic E-state index is 12.5. The van der Waals surface area contributed by atoms with Gasteiger partial charge in [0.2, 0.25) is 0 Å². The zero-order valence-corrected chi connectivity index (χ0v) is 12.5. The number of nitrogens with one attached hydrogen (secondary N) is 2. The van der Waals surface area contributed by atoms with Gasteiger partial charge in [0, 0.05) is 12.4 Å². The maximum Gasteiger partial charge on any atom is 0.268 e. The number of imidazole rings is 1. The Labute approximate surface area is 134 Å². The van der Waals surface area contributed by atoms with Crippen LogP contribution in [0.15, 0.2) is 49.2 Å². The summed E-state index contributed by atoms with van der Waals surface area (Å²) in [6, 6.07) is 5.37. The third kappa shape index (κ3) is 2.55. The number of nitrogens with zero attached hydrogens (tertiary/aromatic N) is 4. The molecule has 4 aromatic heterocycles. The fourth-order valence-corrected chi connectivity index (χ4v) is 2.83. The molecule has 2 N–H and O–H groups in total. The van der Waals surface area contributed by atoms with Crippen molar-refractivity contribution >= 4 is 34.2 Å². The quantitative estimate of drug-likeness (QED) is 0.604. The molecule has 4 heterocycles. The van der Waals surface area contributed by atoms with Crippen molar-refractivity contribution in [2.75, 3.05) is 5.32 Å². The van der Waals surface area contributed by atoms with Crippen LogP contribution >= 0.6 is 11.5 Å². The number of amides is 1. The third-order valence-corrected chi connectivity index (χ3v) is 4.04. The van der Waals surface area contributed by atoms with Crippen LogP contribution in [0.25, 0.3) is 22.4 Å². The Bertz CT molecular complexity index is 945. The van der Waals surface area contributed by atoms with Gasteiger partial charge in [0.05, 0.1) is 35.4 Å². The Hall–Kier alpha value is -3.13. The Morgan fingerprint density at radius 1 is 1.13 bits per heavy atom. The van der Waals surface area contributed by atoms with E-state index in [1.54, 1.807) is 43.1 Å². The lowest BCUT2D eigenvalue weighted by Gasteiger charge is -2.03. The summed E-state index contributed by atoms with van der Waals surface area (Å²) in [5.74, 6) is 0.354. The molecular weight excluding hydrogens is 312 g/mol. The normalized spacial score (nSPS) is 10.8. The molecule has 0 saturated heterocycles. The van der Waals surface area contributed by atoms with E-state index in [-0.39, 0.29) is 5.91 Å². The Morgan fingerprint density at radius 3 is 2.87 bits per heavy atom. The molecule has 7 nitrogen and oxygen atoms in total. The molecular formula is C15H10N6OS. The second-order valence-corrected chi connectivity index (χ2v) is 5.54. The molecule has 4 rings (SSSR count). The number of H-pyrrole nitrogens is 1. The van der Waals surface area contributed by atoms with Crippen molar-refractivity contribution in [2.45, 2.75) is 0 Å². The molecule has 0 bridgehead atoms. The molecule has 4 aromatic rings. The standard InChI is InChI=1S/C15H10N6OS/c22-15(19-9-2-1-4-16-6-9)13-10(7-18-23-13)14-20-11-3-5-17-8-12(11)21-14/h1-8H,(H,19,22)(H,20,21). The first-order valence-electron chi connectivity index (χ1n) is 6.77. The van der Waals surface area contributed by atoms with Gasteiger partial charge < -0.3 is 10.3 Å². The summed E-state index contributed by atoms with van der Waals surface area (Å²) >= 11 is 1.12. The highest BCUT2D eigenvalue weighted by Gasteiger charge is 2.18. The smallest absolute Gasteiger partial charge is 0.268 e. The molecule has 0 radical (unpaired) electrons. The summed E-state index contributed by atoms with van der Waals surface area (Å²) in [5.41, 5.74) is 2.89. The molecule has 0 atom stereocenters. The van der Waals surface area contributed by atoms with E-state index in [0.717, 1.165) is 22.6 Å². The minimum absolute atomic E-state index is 0.242. The summed E-state index contributed by atoms with van der Waals surface area (Å²) in [6.07, 6.45) is 8.23. The lowest BCUT2D eigenvalue weighted by Crippen LogP contribution is -2.11. The van der Waals surface area contributed by atoms with Crippen LogP contribution in [0.3, 0.4) is 0 Å². The monoisotopic (exact) mass is 322 g/mol. The molecule has 1 amide bonds. The highest BCUT2D eigenvalue weighted by molar-refractivity contribution is 7.08. The van der Waals surface area contributed by atoms with Crippen molar-refractivity contribution in [3.8, 4) is 11.4 Å². The number of hydrogen-bond donors (Lipinski definition) is 2. The Balaban J connectivity index is 1.69. The minimum Gasteiger partial charge on any atom is -0.338 e. The van der Waals surface area contributed by atoms with Crippen molar-refractivity contribution < 1.29 is 4.79 Å². The van der Waals surface area contributed by atoms with Crippen molar-refractivity contribution in [1.29, 1.82) is 0 Å². The van der Waals surface area contributed by atoms with Crippen LogP contribution in [0.2, 0.25) is 0 Å². The first kappa shape index (κ1) is 13.5. The van der Waals surface area contributed by atoms with Crippen LogP contribution in [0.1, 0.15) is 9.67 Å². The van der Waals surface area contributed by atoms with Gasteiger partial charge >= 0.3 is 0 Å². The van der Waals surface area contributed by atoms with Crippen molar-refractivity contribution in [2.24, 2.45) is 0 Å². The molecule has 0 unspecified atom stereocenters. The maximum absolute atomic E-state index is 12.5. The number of aromatic nitrogens is 5. The summed E-state index contributed by atoms with van der Waals surface area (Å²) in [4.78, 5) is 28.6. The van der Waals surface area contributed by atoms with Crippen molar-refractivity contribution in [3.63, 3.8) is 0 Å². The molecule has 8 heteroatoms. The molecule has 0 aliphatic rings. The van der Waals surface area contributed by atoms with Gasteiger partial charge in [-0.25, -0.2) is 4.98 Å². The molecule has 0 aromatic carbocycles. The van der Waals surface area contributed by atoms with E-state index in [1.165, 1.54) is 0 Å². The van der Waals surface area contributed by atoms with E-state index < -0.39 is 0 Å². The number of hydrogen-bond acceptors (Lipinski definition) is 6. The van der Waals surface area contributed by atoms with Crippen LogP contribution in [0, 0.1) is 0 Å². The summed E-state index contributed by atoms with van der Waals surface area (Å²) < 4.78 is 4.12. The number of rotatable bonds is 3. The van der Waals surface area contributed by atoms with Crippen LogP contribution < -0.4 is 5.32 Å². The highest BCUT2D eigenvalue weighted by atomic mass is 32.1. The largest absolute Gasteiger partial charge is 0.338 e. The second kappa shape index (κ2) is 5.58. The lowest BCUT2D eigenvalue weighted by molar-refractivity contribution is 0.103. The number of carbonyl (C=O) groups excluding carboxylic acids is 1. The van der Waals surface area contributed by atoms with Crippen LogP contribution in [-0.4, -0.2) is 30.2 Å². The first-order valence-corrected chi connectivity index (χ1v) is 7.55. The number of anilines is 1. The van der Waals surface area contributed by atoms with Crippen LogP contribution in [0.5, 0.6) is 0 Å². The fourth-order valence-electron chi connectivity index (χ4n) is 2.18. The van der Waals surface area contributed by atoms with E-state index in [1.807, 2.05) is 6.07 Å². The molecule has 112 valence electrons. The average Bonchev–Trinajstić information content (AvgIpc) is 3.22. The number of carbonyl (C=O) groups is 1. The zero-order valence-electron chi connectivity index (χ0n) is 11.7. The van der Waals surface area contributed by atoms with Crippen LogP contribution in [-0.2, 0) is 0 Å². The van der Waals surface area contributed by atoms with Crippen LogP contribution in [0.4, 0.5) is 5.69 Å². The summed E-state index contributed by atoms with van der Waals surface area (Å²) in [5, 5.41) is 2.80. The van der Waals surface area contributed by atoms with E-state index >= 15 is 0 Å². The van der Waals surface area contributed by atoms with Gasteiger partial charge in [-0.15, -0.1) is 0 Å². The highest BCUT2D eigenvalue weighted by Crippen LogP contribution is 2.26. The number of fused-ring (bicyclic) bond motifs is 1. The molecule has 0 saturated carbocycles. The Morgan fingerprint density at radius 2 is 2.04 bits per heavy atom. The predicted molar refractivity (Wildman–Crippen MR) is 87.2 cm³/mol. The molecule has 0 spiro atoms. The van der Waals surface area contributed by atoms with Gasteiger partial charge in [0.15, 0.2) is 0 Å². The Kier molecular flexibility index (Phi) is 3.28. The SMILES string of the molecule is O=C(Nc1cccnc1)c1sncc1-c1nc2cnccc2[nH]1. The number of aromatic amines is 1. The van der Waals surface area contributed by atoms with E-state index in [9.17, 15) is 4.79 Å². The molecule has 23 heavy (non-hydrogen) atoms. The minimum atomic E-state index is -0.242. The van der Waals surface area contributed by atoms with Gasteiger partial charge in [-0.1, -0.05) is 0 Å². The number of pyridine rings is 2. The zero-order chi connectivity index (χ0) is 15.6. The van der Waals surface area contributed by atoms with E-state index in [2.05, 4.69) is 29.6 Å². The van der Waals surface area contributed by atoms with Crippen molar-refractivity contribution in [1.82, 2.24) is 24.3 Å². The fraction of sp³-hybridized carbons (Fsp3) is 0.